The van der Waals surface area contributed by atoms with Gasteiger partial charge in [0.25, 0.3) is 0 Å². The van der Waals surface area contributed by atoms with Gasteiger partial charge in [0.15, 0.2) is 5.72 Å². The van der Waals surface area contributed by atoms with Crippen LogP contribution < -0.4 is 15.0 Å². The molecule has 2 atom stereocenters. The van der Waals surface area contributed by atoms with Crippen LogP contribution in [0.3, 0.4) is 0 Å². The van der Waals surface area contributed by atoms with E-state index in [-0.39, 0.29) is 12.1 Å². The lowest BCUT2D eigenvalue weighted by Gasteiger charge is -2.50. The molecule has 0 aliphatic carbocycles. The molecular formula is C21H22N2O4. The van der Waals surface area contributed by atoms with Gasteiger partial charge in [0.05, 0.1) is 18.7 Å². The summed E-state index contributed by atoms with van der Waals surface area (Å²) in [5, 5.41) is 3.05. The fraction of sp³-hybridized carbons (Fsp3) is 0.333. The average molecular weight is 366 g/mol. The molecule has 2 amide bonds. The number of aryl methyl sites for hydroxylation is 1. The van der Waals surface area contributed by atoms with Crippen LogP contribution in [0.2, 0.25) is 0 Å². The Morgan fingerprint density at radius 1 is 1.30 bits per heavy atom. The van der Waals surface area contributed by atoms with Gasteiger partial charge in [0.1, 0.15) is 5.75 Å². The minimum Gasteiger partial charge on any atom is -0.467 e. The number of carbonyl (C=O) groups excluding carboxylic acids is 2. The van der Waals surface area contributed by atoms with Crippen molar-refractivity contribution in [1.82, 2.24) is 5.32 Å². The third-order valence-electron chi connectivity index (χ3n) is 5.30. The van der Waals surface area contributed by atoms with E-state index in [1.165, 1.54) is 12.7 Å². The highest BCUT2D eigenvalue weighted by atomic mass is 16.5. The number of anilines is 1. The van der Waals surface area contributed by atoms with Crippen molar-refractivity contribution in [2.75, 3.05) is 12.0 Å². The van der Waals surface area contributed by atoms with E-state index in [1.807, 2.05) is 31.2 Å². The minimum atomic E-state index is -0.805. The Balaban J connectivity index is 1.72. The Hall–Kier alpha value is -3.02. The summed E-state index contributed by atoms with van der Waals surface area (Å²) >= 11 is 0. The molecule has 2 aromatic carbocycles. The van der Waals surface area contributed by atoms with E-state index in [4.69, 9.17) is 9.47 Å². The molecule has 0 aromatic heterocycles. The van der Waals surface area contributed by atoms with Gasteiger partial charge in [-0.1, -0.05) is 19.1 Å². The summed E-state index contributed by atoms with van der Waals surface area (Å²) in [6, 6.07) is 12.7. The third kappa shape index (κ3) is 2.81. The summed E-state index contributed by atoms with van der Waals surface area (Å²) in [5.74, 6) is 0.252. The number of methoxy groups -OCH3 is 1. The van der Waals surface area contributed by atoms with Crippen molar-refractivity contribution in [3.63, 3.8) is 0 Å². The van der Waals surface area contributed by atoms with Gasteiger partial charge in [-0.2, -0.15) is 0 Å². The van der Waals surface area contributed by atoms with Gasteiger partial charge in [0, 0.05) is 17.7 Å². The van der Waals surface area contributed by atoms with Crippen LogP contribution in [0.25, 0.3) is 0 Å². The summed E-state index contributed by atoms with van der Waals surface area (Å²) < 4.78 is 11.1. The van der Waals surface area contributed by atoms with E-state index >= 15 is 0 Å². The van der Waals surface area contributed by atoms with E-state index < -0.39 is 11.7 Å². The van der Waals surface area contributed by atoms with E-state index in [0.717, 1.165) is 17.7 Å². The standard InChI is InChI=1S/C21H22N2O4/c1-4-13-5-8-15(9-6-13)23-20(25)22-17-12-21(23,2)27-18-10-7-14(11-16(17)18)19(24)26-3/h5-11,17H,4,12H2,1-3H3,(H,22,25). The largest absolute Gasteiger partial charge is 0.467 e. The zero-order chi connectivity index (χ0) is 19.2. The number of nitrogens with one attached hydrogen (secondary N) is 1. The molecule has 2 aromatic rings. The average Bonchev–Trinajstić information content (AvgIpc) is 2.67. The fourth-order valence-corrected chi connectivity index (χ4v) is 3.89. The lowest BCUT2D eigenvalue weighted by molar-refractivity contribution is 0.0377. The molecule has 0 radical (unpaired) electrons. The van der Waals surface area contributed by atoms with Gasteiger partial charge in [0.2, 0.25) is 0 Å². The zero-order valence-corrected chi connectivity index (χ0v) is 15.6. The van der Waals surface area contributed by atoms with Gasteiger partial charge in [-0.05, 0) is 49.2 Å². The van der Waals surface area contributed by atoms with Crippen LogP contribution in [-0.4, -0.2) is 24.8 Å². The summed E-state index contributed by atoms with van der Waals surface area (Å²) in [6.07, 6.45) is 1.52. The number of benzene rings is 2. The number of esters is 1. The molecule has 0 saturated carbocycles. The maximum atomic E-state index is 12.9. The smallest absolute Gasteiger partial charge is 0.337 e. The molecule has 1 fully saturated rings. The molecule has 0 spiro atoms. The Bertz CT molecular complexity index is 909. The highest BCUT2D eigenvalue weighted by Gasteiger charge is 2.49. The van der Waals surface area contributed by atoms with Crippen LogP contribution in [0, 0.1) is 0 Å². The van der Waals surface area contributed by atoms with Crippen molar-refractivity contribution in [2.24, 2.45) is 0 Å². The number of ether oxygens (including phenoxy) is 2. The normalized spacial score (nSPS) is 23.1. The first-order valence-electron chi connectivity index (χ1n) is 9.06. The molecule has 4 rings (SSSR count). The molecule has 6 heteroatoms. The Labute approximate surface area is 158 Å². The van der Waals surface area contributed by atoms with Crippen molar-refractivity contribution < 1.29 is 19.1 Å². The second-order valence-corrected chi connectivity index (χ2v) is 7.08. The van der Waals surface area contributed by atoms with Gasteiger partial charge in [-0.25, -0.2) is 9.59 Å². The molecule has 27 heavy (non-hydrogen) atoms. The summed E-state index contributed by atoms with van der Waals surface area (Å²) in [5.41, 5.74) is 2.44. The van der Waals surface area contributed by atoms with Crippen LogP contribution in [-0.2, 0) is 11.2 Å². The monoisotopic (exact) mass is 366 g/mol. The molecule has 1 N–H and O–H groups in total. The Morgan fingerprint density at radius 2 is 2.04 bits per heavy atom. The number of fused-ring (bicyclic) bond motifs is 4. The van der Waals surface area contributed by atoms with Crippen LogP contribution in [0.15, 0.2) is 42.5 Å². The Morgan fingerprint density at radius 3 is 2.70 bits per heavy atom. The number of hydrogen-bond acceptors (Lipinski definition) is 4. The van der Waals surface area contributed by atoms with Crippen molar-refractivity contribution in [2.45, 2.75) is 38.5 Å². The second kappa shape index (κ2) is 6.30. The molecule has 2 aliphatic heterocycles. The first-order valence-corrected chi connectivity index (χ1v) is 9.06. The molecular weight excluding hydrogens is 344 g/mol. The molecule has 1 saturated heterocycles. The summed E-state index contributed by atoms with van der Waals surface area (Å²) in [6.45, 7) is 4.02. The number of hydrogen-bond donors (Lipinski definition) is 1. The van der Waals surface area contributed by atoms with Crippen molar-refractivity contribution in [1.29, 1.82) is 0 Å². The number of urea groups is 1. The van der Waals surface area contributed by atoms with Crippen molar-refractivity contribution in [3.05, 3.63) is 59.2 Å². The maximum Gasteiger partial charge on any atom is 0.337 e. The highest BCUT2D eigenvalue weighted by Crippen LogP contribution is 2.45. The van der Waals surface area contributed by atoms with Gasteiger partial charge in [-0.3, -0.25) is 4.90 Å². The molecule has 2 heterocycles. The summed E-state index contributed by atoms with van der Waals surface area (Å²) in [4.78, 5) is 26.4. The van der Waals surface area contributed by atoms with E-state index in [0.29, 0.717) is 17.7 Å². The van der Waals surface area contributed by atoms with Crippen LogP contribution in [0.4, 0.5) is 10.5 Å². The Kier molecular flexibility index (Phi) is 4.06. The van der Waals surface area contributed by atoms with Crippen LogP contribution >= 0.6 is 0 Å². The molecule has 140 valence electrons. The number of amides is 2. The van der Waals surface area contributed by atoms with Crippen LogP contribution in [0.5, 0.6) is 5.75 Å². The maximum absolute atomic E-state index is 12.9. The first kappa shape index (κ1) is 17.4. The molecule has 2 aliphatic rings. The lowest BCUT2D eigenvalue weighted by atomic mass is 9.89. The van der Waals surface area contributed by atoms with Gasteiger partial charge >= 0.3 is 12.0 Å². The minimum absolute atomic E-state index is 0.216. The van der Waals surface area contributed by atoms with E-state index in [2.05, 4.69) is 12.2 Å². The molecule has 2 bridgehead atoms. The predicted octanol–water partition coefficient (Wildman–Crippen LogP) is 3.81. The van der Waals surface area contributed by atoms with E-state index in [9.17, 15) is 9.59 Å². The topological polar surface area (TPSA) is 67.9 Å². The molecule has 6 nitrogen and oxygen atoms in total. The zero-order valence-electron chi connectivity index (χ0n) is 15.6. The number of nitrogens with zero attached hydrogens (tertiary/aromatic N) is 1. The fourth-order valence-electron chi connectivity index (χ4n) is 3.89. The SMILES string of the molecule is CCc1ccc(N2C(=O)NC3CC2(C)Oc2ccc(C(=O)OC)cc23)cc1. The molecule has 2 unspecified atom stereocenters. The van der Waals surface area contributed by atoms with Gasteiger partial charge < -0.3 is 14.8 Å². The summed E-state index contributed by atoms with van der Waals surface area (Å²) in [7, 11) is 1.35. The van der Waals surface area contributed by atoms with Gasteiger partial charge in [-0.15, -0.1) is 0 Å². The highest BCUT2D eigenvalue weighted by molar-refractivity contribution is 5.95. The predicted molar refractivity (Wildman–Crippen MR) is 101 cm³/mol. The number of carbonyl (C=O) groups is 2. The number of rotatable bonds is 3. The van der Waals surface area contributed by atoms with E-state index in [1.54, 1.807) is 23.1 Å². The third-order valence-corrected chi connectivity index (χ3v) is 5.30. The first-order chi connectivity index (χ1) is 12.9. The van der Waals surface area contributed by atoms with Crippen molar-refractivity contribution in [3.8, 4) is 5.75 Å². The quantitative estimate of drug-likeness (QED) is 0.839. The lowest BCUT2D eigenvalue weighted by Crippen LogP contribution is -2.65. The van der Waals surface area contributed by atoms with Crippen molar-refractivity contribution >= 4 is 17.7 Å². The second-order valence-electron chi connectivity index (χ2n) is 7.08. The van der Waals surface area contributed by atoms with Crippen LogP contribution in [0.1, 0.15) is 47.8 Å².